The van der Waals surface area contributed by atoms with E-state index in [-0.39, 0.29) is 11.7 Å². The Morgan fingerprint density at radius 2 is 2.05 bits per heavy atom. The largest absolute Gasteiger partial charge is 0.493 e. The SMILES string of the molecule is COc1cnn(CCN(C)C)c1C(=O)C(C)C(C)C. The average Bonchev–Trinajstić information content (AvgIpc) is 2.77. The normalized spacial score (nSPS) is 13.1. The third kappa shape index (κ3) is 3.80. The topological polar surface area (TPSA) is 47.4 Å². The van der Waals surface area contributed by atoms with Gasteiger partial charge in [0.15, 0.2) is 11.5 Å². The summed E-state index contributed by atoms with van der Waals surface area (Å²) in [4.78, 5) is 14.6. The number of likely N-dealkylation sites (N-methyl/N-ethyl adjacent to an activating group) is 1. The number of Topliss-reactive ketones (excluding diaryl/α,β-unsaturated/α-hetero) is 1. The van der Waals surface area contributed by atoms with E-state index in [9.17, 15) is 4.79 Å². The van der Waals surface area contributed by atoms with Crippen LogP contribution in [0, 0.1) is 11.8 Å². The van der Waals surface area contributed by atoms with E-state index in [2.05, 4.69) is 23.8 Å². The van der Waals surface area contributed by atoms with Gasteiger partial charge in [-0.15, -0.1) is 0 Å². The Morgan fingerprint density at radius 3 is 2.53 bits per heavy atom. The van der Waals surface area contributed by atoms with Gasteiger partial charge in [-0.2, -0.15) is 5.10 Å². The summed E-state index contributed by atoms with van der Waals surface area (Å²) < 4.78 is 7.02. The lowest BCUT2D eigenvalue weighted by Gasteiger charge is -2.17. The van der Waals surface area contributed by atoms with Gasteiger partial charge in [0.25, 0.3) is 0 Å². The minimum absolute atomic E-state index is 0.0382. The van der Waals surface area contributed by atoms with Gasteiger partial charge in [0, 0.05) is 12.5 Å². The fourth-order valence-electron chi connectivity index (χ4n) is 1.75. The van der Waals surface area contributed by atoms with E-state index in [1.165, 1.54) is 0 Å². The van der Waals surface area contributed by atoms with Gasteiger partial charge in [0.05, 0.1) is 19.9 Å². The van der Waals surface area contributed by atoms with E-state index in [0.717, 1.165) is 6.54 Å². The van der Waals surface area contributed by atoms with Crippen LogP contribution in [-0.2, 0) is 6.54 Å². The van der Waals surface area contributed by atoms with Crippen LogP contribution in [0.15, 0.2) is 6.20 Å². The fraction of sp³-hybridized carbons (Fsp3) is 0.714. The summed E-state index contributed by atoms with van der Waals surface area (Å²) >= 11 is 0. The van der Waals surface area contributed by atoms with E-state index in [4.69, 9.17) is 4.74 Å². The van der Waals surface area contributed by atoms with Crippen LogP contribution in [0.1, 0.15) is 31.3 Å². The molecular weight excluding hydrogens is 242 g/mol. The second-order valence-electron chi connectivity index (χ2n) is 5.48. The number of carbonyl (C=O) groups is 1. The van der Waals surface area contributed by atoms with Crippen LogP contribution in [-0.4, -0.2) is 48.2 Å². The highest BCUT2D eigenvalue weighted by molar-refractivity contribution is 5.98. The number of carbonyl (C=O) groups excluding carboxylic acids is 1. The van der Waals surface area contributed by atoms with Crippen LogP contribution in [0.5, 0.6) is 5.75 Å². The molecule has 1 unspecified atom stereocenters. The van der Waals surface area contributed by atoms with E-state index in [1.54, 1.807) is 18.0 Å². The quantitative estimate of drug-likeness (QED) is 0.708. The molecule has 1 aromatic heterocycles. The van der Waals surface area contributed by atoms with Crippen molar-refractivity contribution >= 4 is 5.78 Å². The molecule has 0 radical (unpaired) electrons. The molecule has 0 aliphatic carbocycles. The van der Waals surface area contributed by atoms with Gasteiger partial charge in [-0.3, -0.25) is 9.48 Å². The monoisotopic (exact) mass is 267 g/mol. The Kier molecular flexibility index (Phi) is 5.54. The molecule has 0 saturated carbocycles. The molecule has 0 N–H and O–H groups in total. The number of hydrogen-bond acceptors (Lipinski definition) is 4. The summed E-state index contributed by atoms with van der Waals surface area (Å²) in [6.07, 6.45) is 1.62. The number of hydrogen-bond donors (Lipinski definition) is 0. The Labute approximate surface area is 115 Å². The lowest BCUT2D eigenvalue weighted by atomic mass is 9.92. The first kappa shape index (κ1) is 15.7. The van der Waals surface area contributed by atoms with E-state index in [0.29, 0.717) is 23.9 Å². The highest BCUT2D eigenvalue weighted by Crippen LogP contribution is 2.24. The van der Waals surface area contributed by atoms with Crippen LogP contribution in [0.4, 0.5) is 0 Å². The lowest BCUT2D eigenvalue weighted by molar-refractivity contribution is 0.0884. The van der Waals surface area contributed by atoms with Crippen molar-refractivity contribution in [3.05, 3.63) is 11.9 Å². The summed E-state index contributed by atoms with van der Waals surface area (Å²) in [5.74, 6) is 0.928. The molecule has 0 saturated heterocycles. The summed E-state index contributed by atoms with van der Waals surface area (Å²) in [6, 6.07) is 0. The number of aromatic nitrogens is 2. The fourth-order valence-corrected chi connectivity index (χ4v) is 1.75. The number of ketones is 1. The Morgan fingerprint density at radius 1 is 1.42 bits per heavy atom. The predicted molar refractivity (Wildman–Crippen MR) is 75.7 cm³/mol. The van der Waals surface area contributed by atoms with Crippen molar-refractivity contribution in [1.82, 2.24) is 14.7 Å². The molecule has 108 valence electrons. The summed E-state index contributed by atoms with van der Waals surface area (Å²) in [5, 5.41) is 4.27. The molecule has 1 aromatic rings. The standard InChI is InChI=1S/C14H25N3O2/c1-10(2)11(3)14(18)13-12(19-6)9-15-17(13)8-7-16(4)5/h9-11H,7-8H2,1-6H3. The molecule has 19 heavy (non-hydrogen) atoms. The maximum atomic E-state index is 12.5. The lowest BCUT2D eigenvalue weighted by Crippen LogP contribution is -2.25. The Hall–Kier alpha value is -1.36. The molecule has 0 aliphatic heterocycles. The third-order valence-electron chi connectivity index (χ3n) is 3.43. The molecule has 5 nitrogen and oxygen atoms in total. The van der Waals surface area contributed by atoms with Crippen LogP contribution in [0.25, 0.3) is 0 Å². The first-order valence-corrected chi connectivity index (χ1v) is 6.67. The van der Waals surface area contributed by atoms with E-state index >= 15 is 0 Å². The molecular formula is C14H25N3O2. The average molecular weight is 267 g/mol. The number of nitrogens with zero attached hydrogens (tertiary/aromatic N) is 3. The van der Waals surface area contributed by atoms with Crippen LogP contribution < -0.4 is 4.74 Å². The molecule has 0 amide bonds. The van der Waals surface area contributed by atoms with E-state index in [1.807, 2.05) is 21.0 Å². The van der Waals surface area contributed by atoms with Gasteiger partial charge in [-0.25, -0.2) is 0 Å². The Bertz CT molecular complexity index is 424. The van der Waals surface area contributed by atoms with Crippen molar-refractivity contribution in [2.45, 2.75) is 27.3 Å². The van der Waals surface area contributed by atoms with Crippen molar-refractivity contribution in [2.24, 2.45) is 11.8 Å². The molecule has 0 bridgehead atoms. The van der Waals surface area contributed by atoms with Gasteiger partial charge >= 0.3 is 0 Å². The van der Waals surface area contributed by atoms with E-state index < -0.39 is 0 Å². The first-order chi connectivity index (χ1) is 8.88. The van der Waals surface area contributed by atoms with Crippen LogP contribution in [0.3, 0.4) is 0 Å². The first-order valence-electron chi connectivity index (χ1n) is 6.67. The van der Waals surface area contributed by atoms with Crippen molar-refractivity contribution in [2.75, 3.05) is 27.7 Å². The molecule has 0 fully saturated rings. The highest BCUT2D eigenvalue weighted by atomic mass is 16.5. The molecule has 1 rings (SSSR count). The zero-order valence-corrected chi connectivity index (χ0v) is 12.8. The van der Waals surface area contributed by atoms with Crippen LogP contribution >= 0.6 is 0 Å². The van der Waals surface area contributed by atoms with Gasteiger partial charge in [-0.1, -0.05) is 20.8 Å². The maximum absolute atomic E-state index is 12.5. The molecule has 0 spiro atoms. The van der Waals surface area contributed by atoms with Crippen LogP contribution in [0.2, 0.25) is 0 Å². The third-order valence-corrected chi connectivity index (χ3v) is 3.43. The number of rotatable bonds is 7. The van der Waals surface area contributed by atoms with Crippen molar-refractivity contribution in [3.63, 3.8) is 0 Å². The zero-order chi connectivity index (χ0) is 14.6. The molecule has 1 heterocycles. The maximum Gasteiger partial charge on any atom is 0.187 e. The number of methoxy groups -OCH3 is 1. The highest BCUT2D eigenvalue weighted by Gasteiger charge is 2.26. The molecule has 5 heteroatoms. The minimum atomic E-state index is -0.0382. The molecule has 0 aromatic carbocycles. The molecule has 1 atom stereocenters. The summed E-state index contributed by atoms with van der Waals surface area (Å²) in [7, 11) is 5.57. The predicted octanol–water partition coefficient (Wildman–Crippen LogP) is 1.93. The Balaban J connectivity index is 3.02. The zero-order valence-electron chi connectivity index (χ0n) is 12.8. The second kappa shape index (κ2) is 6.70. The number of ether oxygens (including phenoxy) is 1. The van der Waals surface area contributed by atoms with Crippen molar-refractivity contribution in [3.8, 4) is 5.75 Å². The smallest absolute Gasteiger partial charge is 0.187 e. The molecule has 0 aliphatic rings. The van der Waals surface area contributed by atoms with Crippen molar-refractivity contribution in [1.29, 1.82) is 0 Å². The van der Waals surface area contributed by atoms with Gasteiger partial charge in [0.1, 0.15) is 5.69 Å². The summed E-state index contributed by atoms with van der Waals surface area (Å²) in [6.45, 7) is 7.57. The van der Waals surface area contributed by atoms with Gasteiger partial charge in [0.2, 0.25) is 0 Å². The second-order valence-corrected chi connectivity index (χ2v) is 5.48. The van der Waals surface area contributed by atoms with Gasteiger partial charge < -0.3 is 9.64 Å². The summed E-state index contributed by atoms with van der Waals surface area (Å²) in [5.41, 5.74) is 0.588. The minimum Gasteiger partial charge on any atom is -0.493 e. The van der Waals surface area contributed by atoms with Gasteiger partial charge in [-0.05, 0) is 20.0 Å². The van der Waals surface area contributed by atoms with Crippen molar-refractivity contribution < 1.29 is 9.53 Å².